The van der Waals surface area contributed by atoms with Gasteiger partial charge in [0, 0.05) is 24.3 Å². The predicted octanol–water partition coefficient (Wildman–Crippen LogP) is 3.87. The van der Waals surface area contributed by atoms with Gasteiger partial charge in [-0.2, -0.15) is 0 Å². The number of halogens is 1. The second kappa shape index (κ2) is 7.40. The van der Waals surface area contributed by atoms with Crippen molar-refractivity contribution in [3.63, 3.8) is 0 Å². The Labute approximate surface area is 145 Å². The molecule has 1 amide bonds. The van der Waals surface area contributed by atoms with Crippen LogP contribution in [0, 0.1) is 5.82 Å². The molecule has 0 aliphatic carbocycles. The third-order valence-corrected chi connectivity index (χ3v) is 4.11. The number of thiocarbonyl (C=S) groups is 1. The number of likely N-dealkylation sites (tertiary alicyclic amines) is 1. The lowest BCUT2D eigenvalue weighted by Crippen LogP contribution is -2.27. The molecule has 6 heteroatoms. The Balaban J connectivity index is 1.60. The SMILES string of the molecule is O=C(c1ccc(NC(=S)Nc2ccccc2F)cc1)N1CCCC1. The van der Waals surface area contributed by atoms with Gasteiger partial charge in [0.15, 0.2) is 5.11 Å². The first-order valence-corrected chi connectivity index (χ1v) is 8.26. The lowest BCUT2D eigenvalue weighted by atomic mass is 10.2. The minimum Gasteiger partial charge on any atom is -0.339 e. The fourth-order valence-corrected chi connectivity index (χ4v) is 2.87. The third kappa shape index (κ3) is 3.89. The van der Waals surface area contributed by atoms with Gasteiger partial charge in [-0.1, -0.05) is 12.1 Å². The number of anilines is 2. The maximum absolute atomic E-state index is 13.6. The zero-order valence-electron chi connectivity index (χ0n) is 13.1. The molecular formula is C18H18FN3OS. The van der Waals surface area contributed by atoms with Gasteiger partial charge in [-0.3, -0.25) is 4.79 Å². The summed E-state index contributed by atoms with van der Waals surface area (Å²) in [5.74, 6) is -0.306. The monoisotopic (exact) mass is 343 g/mol. The Morgan fingerprint density at radius 1 is 1.00 bits per heavy atom. The molecule has 0 bridgehead atoms. The smallest absolute Gasteiger partial charge is 0.253 e. The van der Waals surface area contributed by atoms with E-state index in [1.54, 1.807) is 42.5 Å². The fourth-order valence-electron chi connectivity index (χ4n) is 2.65. The minimum absolute atomic E-state index is 0.0612. The molecule has 0 radical (unpaired) electrons. The molecule has 0 aromatic heterocycles. The number of nitrogens with one attached hydrogen (secondary N) is 2. The maximum atomic E-state index is 13.6. The van der Waals surface area contributed by atoms with E-state index in [1.807, 2.05) is 4.90 Å². The summed E-state index contributed by atoms with van der Waals surface area (Å²) >= 11 is 5.19. The largest absolute Gasteiger partial charge is 0.339 e. The molecule has 1 aliphatic rings. The summed E-state index contributed by atoms with van der Waals surface area (Å²) in [6.45, 7) is 1.66. The van der Waals surface area contributed by atoms with Crippen LogP contribution in [0.1, 0.15) is 23.2 Å². The number of carbonyl (C=O) groups excluding carboxylic acids is 1. The lowest BCUT2D eigenvalue weighted by molar-refractivity contribution is 0.0793. The highest BCUT2D eigenvalue weighted by atomic mass is 32.1. The first-order chi connectivity index (χ1) is 11.6. The summed E-state index contributed by atoms with van der Waals surface area (Å²) in [6.07, 6.45) is 2.14. The fraction of sp³-hybridized carbons (Fsp3) is 0.222. The summed E-state index contributed by atoms with van der Waals surface area (Å²) in [7, 11) is 0. The zero-order valence-corrected chi connectivity index (χ0v) is 13.9. The topological polar surface area (TPSA) is 44.4 Å². The Bertz CT molecular complexity index is 742. The van der Waals surface area contributed by atoms with Crippen LogP contribution in [0.15, 0.2) is 48.5 Å². The molecule has 0 saturated carbocycles. The normalized spacial score (nSPS) is 13.6. The highest BCUT2D eigenvalue weighted by molar-refractivity contribution is 7.80. The van der Waals surface area contributed by atoms with Crippen LogP contribution in [0.4, 0.5) is 15.8 Å². The molecule has 1 saturated heterocycles. The van der Waals surface area contributed by atoms with Gasteiger partial charge in [-0.05, 0) is 61.5 Å². The molecule has 0 spiro atoms. The molecule has 0 atom stereocenters. The molecule has 24 heavy (non-hydrogen) atoms. The molecule has 1 fully saturated rings. The summed E-state index contributed by atoms with van der Waals surface area (Å²) in [4.78, 5) is 14.2. The van der Waals surface area contributed by atoms with Crippen LogP contribution in [0.2, 0.25) is 0 Å². The van der Waals surface area contributed by atoms with Crippen LogP contribution >= 0.6 is 12.2 Å². The number of hydrogen-bond donors (Lipinski definition) is 2. The van der Waals surface area contributed by atoms with E-state index in [0.29, 0.717) is 16.4 Å². The third-order valence-electron chi connectivity index (χ3n) is 3.91. The van der Waals surface area contributed by atoms with E-state index in [4.69, 9.17) is 12.2 Å². The number of benzene rings is 2. The van der Waals surface area contributed by atoms with Crippen molar-refractivity contribution in [2.45, 2.75) is 12.8 Å². The molecule has 1 heterocycles. The Hall–Kier alpha value is -2.47. The van der Waals surface area contributed by atoms with E-state index in [9.17, 15) is 9.18 Å². The van der Waals surface area contributed by atoms with Crippen molar-refractivity contribution in [1.29, 1.82) is 0 Å². The highest BCUT2D eigenvalue weighted by Gasteiger charge is 2.19. The second-order valence-electron chi connectivity index (χ2n) is 5.64. The van der Waals surface area contributed by atoms with Gasteiger partial charge in [-0.15, -0.1) is 0 Å². The van der Waals surface area contributed by atoms with Gasteiger partial charge in [0.25, 0.3) is 5.91 Å². The van der Waals surface area contributed by atoms with E-state index in [-0.39, 0.29) is 11.7 Å². The van der Waals surface area contributed by atoms with E-state index < -0.39 is 0 Å². The molecular weight excluding hydrogens is 325 g/mol. The van der Waals surface area contributed by atoms with Crippen LogP contribution < -0.4 is 10.6 Å². The molecule has 2 aromatic carbocycles. The summed E-state index contributed by atoms with van der Waals surface area (Å²) in [5.41, 5.74) is 1.72. The molecule has 1 aliphatic heterocycles. The van der Waals surface area contributed by atoms with Crippen molar-refractivity contribution >= 4 is 34.6 Å². The van der Waals surface area contributed by atoms with E-state index in [1.165, 1.54) is 6.07 Å². The molecule has 124 valence electrons. The van der Waals surface area contributed by atoms with E-state index in [0.717, 1.165) is 31.6 Å². The minimum atomic E-state index is -0.367. The van der Waals surface area contributed by atoms with Crippen molar-refractivity contribution in [3.8, 4) is 0 Å². The quantitative estimate of drug-likeness (QED) is 0.831. The predicted molar refractivity (Wildman–Crippen MR) is 97.8 cm³/mol. The average Bonchev–Trinajstić information content (AvgIpc) is 3.11. The van der Waals surface area contributed by atoms with Crippen LogP contribution in [0.5, 0.6) is 0 Å². The molecule has 2 aromatic rings. The molecule has 3 rings (SSSR count). The zero-order chi connectivity index (χ0) is 16.9. The van der Waals surface area contributed by atoms with Crippen LogP contribution in [-0.2, 0) is 0 Å². The van der Waals surface area contributed by atoms with Crippen LogP contribution in [0.3, 0.4) is 0 Å². The van der Waals surface area contributed by atoms with Crippen molar-refractivity contribution < 1.29 is 9.18 Å². The Kier molecular flexibility index (Phi) is 5.05. The molecule has 2 N–H and O–H groups in total. The first-order valence-electron chi connectivity index (χ1n) is 7.85. The number of nitrogens with zero attached hydrogens (tertiary/aromatic N) is 1. The lowest BCUT2D eigenvalue weighted by Gasteiger charge is -2.16. The number of hydrogen-bond acceptors (Lipinski definition) is 2. The summed E-state index contributed by atoms with van der Waals surface area (Å²) in [6, 6.07) is 13.4. The van der Waals surface area contributed by atoms with Gasteiger partial charge >= 0.3 is 0 Å². The van der Waals surface area contributed by atoms with Gasteiger partial charge in [0.05, 0.1) is 5.69 Å². The Morgan fingerprint density at radius 2 is 1.67 bits per heavy atom. The number of amides is 1. The number of rotatable bonds is 3. The second-order valence-corrected chi connectivity index (χ2v) is 6.04. The van der Waals surface area contributed by atoms with Gasteiger partial charge in [0.2, 0.25) is 0 Å². The summed E-state index contributed by atoms with van der Waals surface area (Å²) < 4.78 is 13.6. The Morgan fingerprint density at radius 3 is 2.33 bits per heavy atom. The van der Waals surface area contributed by atoms with Gasteiger partial charge in [-0.25, -0.2) is 4.39 Å². The van der Waals surface area contributed by atoms with Crippen molar-refractivity contribution in [3.05, 3.63) is 59.9 Å². The highest BCUT2D eigenvalue weighted by Crippen LogP contribution is 2.17. The standard InChI is InChI=1S/C18H18FN3OS/c19-15-5-1-2-6-16(15)21-18(24)20-14-9-7-13(8-10-14)17(23)22-11-3-4-12-22/h1-2,5-10H,3-4,11-12H2,(H2,20,21,24). The van der Waals surface area contributed by atoms with Crippen LogP contribution in [-0.4, -0.2) is 29.0 Å². The number of para-hydroxylation sites is 1. The van der Waals surface area contributed by atoms with E-state index >= 15 is 0 Å². The van der Waals surface area contributed by atoms with Crippen LogP contribution in [0.25, 0.3) is 0 Å². The summed E-state index contributed by atoms with van der Waals surface area (Å²) in [5, 5.41) is 6.08. The molecule has 0 unspecified atom stereocenters. The van der Waals surface area contributed by atoms with E-state index in [2.05, 4.69) is 10.6 Å². The molecule has 4 nitrogen and oxygen atoms in total. The van der Waals surface area contributed by atoms with Crippen molar-refractivity contribution in [1.82, 2.24) is 4.90 Å². The van der Waals surface area contributed by atoms with Gasteiger partial charge < -0.3 is 15.5 Å². The van der Waals surface area contributed by atoms with Crippen molar-refractivity contribution in [2.75, 3.05) is 23.7 Å². The van der Waals surface area contributed by atoms with Gasteiger partial charge in [0.1, 0.15) is 5.82 Å². The van der Waals surface area contributed by atoms with Crippen molar-refractivity contribution in [2.24, 2.45) is 0 Å². The maximum Gasteiger partial charge on any atom is 0.253 e. The average molecular weight is 343 g/mol. The first kappa shape index (κ1) is 16.4. The number of carbonyl (C=O) groups is 1.